The molecule has 4 rings (SSSR count). The van der Waals surface area contributed by atoms with Crippen molar-refractivity contribution in [1.29, 1.82) is 0 Å². The molecule has 0 spiro atoms. The Kier molecular flexibility index (Phi) is 5.45. The Balaban J connectivity index is 1.53. The molecule has 0 atom stereocenters. The number of benzene rings is 2. The van der Waals surface area contributed by atoms with Crippen LogP contribution in [0.1, 0.15) is 42.5 Å². The summed E-state index contributed by atoms with van der Waals surface area (Å²) in [4.78, 5) is 30.1. The second-order valence-corrected chi connectivity index (χ2v) is 7.55. The van der Waals surface area contributed by atoms with E-state index in [1.54, 1.807) is 4.90 Å². The van der Waals surface area contributed by atoms with Gasteiger partial charge in [-0.15, -0.1) is 0 Å². The molecule has 1 N–H and O–H groups in total. The molecule has 0 saturated heterocycles. The van der Waals surface area contributed by atoms with Crippen molar-refractivity contribution in [2.45, 2.75) is 37.8 Å². The second kappa shape index (κ2) is 8.17. The van der Waals surface area contributed by atoms with Crippen LogP contribution < -0.4 is 5.32 Å². The van der Waals surface area contributed by atoms with E-state index in [1.165, 1.54) is 0 Å². The average molecular weight is 391 g/mol. The average Bonchev–Trinajstić information content (AvgIpc) is 3.41. The maximum Gasteiger partial charge on any atom is 0.255 e. The highest BCUT2D eigenvalue weighted by Crippen LogP contribution is 2.33. The van der Waals surface area contributed by atoms with Crippen LogP contribution in [0.2, 0.25) is 0 Å². The molecule has 6 nitrogen and oxygen atoms in total. The lowest BCUT2D eigenvalue weighted by Crippen LogP contribution is -2.57. The van der Waals surface area contributed by atoms with Crippen molar-refractivity contribution in [3.8, 4) is 11.5 Å². The molecule has 6 heteroatoms. The van der Waals surface area contributed by atoms with Gasteiger partial charge in [0.15, 0.2) is 5.58 Å². The fourth-order valence-electron chi connectivity index (χ4n) is 4.09. The van der Waals surface area contributed by atoms with Gasteiger partial charge in [-0.25, -0.2) is 4.98 Å². The van der Waals surface area contributed by atoms with Gasteiger partial charge in [0.25, 0.3) is 5.91 Å². The van der Waals surface area contributed by atoms with Crippen molar-refractivity contribution in [1.82, 2.24) is 15.2 Å². The van der Waals surface area contributed by atoms with Gasteiger partial charge in [0.1, 0.15) is 11.8 Å². The number of hydrogen-bond donors (Lipinski definition) is 1. The quantitative estimate of drug-likeness (QED) is 0.374. The molecule has 29 heavy (non-hydrogen) atoms. The third-order valence-corrected chi connectivity index (χ3v) is 5.77. The fourth-order valence-corrected chi connectivity index (χ4v) is 4.09. The topological polar surface area (TPSA) is 75.4 Å². The molecule has 0 radical (unpaired) electrons. The van der Waals surface area contributed by atoms with E-state index in [4.69, 9.17) is 4.42 Å². The smallest absolute Gasteiger partial charge is 0.255 e. The minimum Gasteiger partial charge on any atom is -0.436 e. The summed E-state index contributed by atoms with van der Waals surface area (Å²) in [7, 11) is 1.84. The van der Waals surface area contributed by atoms with E-state index in [9.17, 15) is 9.59 Å². The monoisotopic (exact) mass is 391 g/mol. The Bertz CT molecular complexity index is 971. The third-order valence-electron chi connectivity index (χ3n) is 5.77. The fraction of sp³-hybridized carbons (Fsp3) is 0.348. The van der Waals surface area contributed by atoms with Crippen molar-refractivity contribution in [3.63, 3.8) is 0 Å². The molecule has 0 unspecified atom stereocenters. The van der Waals surface area contributed by atoms with Gasteiger partial charge in [-0.2, -0.15) is 0 Å². The summed E-state index contributed by atoms with van der Waals surface area (Å²) in [5, 5.41) is 3.45. The van der Waals surface area contributed by atoms with E-state index in [0.717, 1.165) is 48.6 Å². The van der Waals surface area contributed by atoms with Crippen LogP contribution in [0.15, 0.2) is 52.9 Å². The molecule has 2 aromatic carbocycles. The van der Waals surface area contributed by atoms with Crippen LogP contribution in [-0.4, -0.2) is 41.3 Å². The summed E-state index contributed by atoms with van der Waals surface area (Å²) < 4.78 is 5.81. The number of nitrogens with one attached hydrogen (secondary N) is 1. The standard InChI is InChI=1S/C23H25N3O3/c1-26(23(13-4-5-14-23)24-15-6-16-27)22(28)18-11-9-17(10-12-18)21-25-19-7-2-3-8-20(19)29-21/h2-3,7-12,16,24H,4-6,13-15H2,1H3. The van der Waals surface area contributed by atoms with E-state index < -0.39 is 0 Å². The predicted molar refractivity (Wildman–Crippen MR) is 111 cm³/mol. The molecule has 3 aromatic rings. The minimum absolute atomic E-state index is 0.0328. The summed E-state index contributed by atoms with van der Waals surface area (Å²) >= 11 is 0. The number of carbonyl (C=O) groups excluding carboxylic acids is 2. The van der Waals surface area contributed by atoms with Gasteiger partial charge in [0.2, 0.25) is 5.89 Å². The number of para-hydroxylation sites is 2. The van der Waals surface area contributed by atoms with Crippen LogP contribution >= 0.6 is 0 Å². The number of hydrogen-bond acceptors (Lipinski definition) is 5. The van der Waals surface area contributed by atoms with Crippen molar-refractivity contribution in [2.75, 3.05) is 13.6 Å². The van der Waals surface area contributed by atoms with Gasteiger partial charge < -0.3 is 14.1 Å². The van der Waals surface area contributed by atoms with Gasteiger partial charge in [0.05, 0.1) is 5.66 Å². The largest absolute Gasteiger partial charge is 0.436 e. The molecule has 150 valence electrons. The second-order valence-electron chi connectivity index (χ2n) is 7.55. The predicted octanol–water partition coefficient (Wildman–Crippen LogP) is 4.02. The number of oxazole rings is 1. The molecule has 0 bridgehead atoms. The first-order valence-corrected chi connectivity index (χ1v) is 10.1. The summed E-state index contributed by atoms with van der Waals surface area (Å²) in [5.74, 6) is 0.510. The number of aldehydes is 1. The van der Waals surface area contributed by atoms with E-state index in [0.29, 0.717) is 24.4 Å². The molecule has 1 aliphatic rings. The van der Waals surface area contributed by atoms with E-state index in [1.807, 2.05) is 55.6 Å². The van der Waals surface area contributed by atoms with Gasteiger partial charge in [-0.1, -0.05) is 12.1 Å². The first kappa shape index (κ1) is 19.3. The minimum atomic E-state index is -0.376. The van der Waals surface area contributed by atoms with Gasteiger partial charge >= 0.3 is 0 Å². The highest BCUT2D eigenvalue weighted by Gasteiger charge is 2.39. The van der Waals surface area contributed by atoms with E-state index in [-0.39, 0.29) is 11.6 Å². The van der Waals surface area contributed by atoms with Gasteiger partial charge in [-0.05, 0) is 62.1 Å². The molecule has 1 aliphatic carbocycles. The van der Waals surface area contributed by atoms with Crippen LogP contribution in [0.25, 0.3) is 22.6 Å². The Hall–Kier alpha value is -2.99. The molecule has 0 aliphatic heterocycles. The first-order chi connectivity index (χ1) is 14.1. The maximum absolute atomic E-state index is 13.1. The van der Waals surface area contributed by atoms with Crippen LogP contribution in [0.4, 0.5) is 0 Å². The molecular formula is C23H25N3O3. The van der Waals surface area contributed by atoms with Gasteiger partial charge in [0, 0.05) is 31.1 Å². The number of carbonyl (C=O) groups is 2. The number of fused-ring (bicyclic) bond motifs is 1. The molecule has 1 aromatic heterocycles. The highest BCUT2D eigenvalue weighted by molar-refractivity contribution is 5.95. The SMILES string of the molecule is CN(C(=O)c1ccc(-c2nc3ccccc3o2)cc1)C1(NCCC=O)CCCC1. The van der Waals surface area contributed by atoms with Crippen LogP contribution in [0.5, 0.6) is 0 Å². The normalized spacial score (nSPS) is 15.5. The molecule has 1 fully saturated rings. The third kappa shape index (κ3) is 3.80. The van der Waals surface area contributed by atoms with Crippen molar-refractivity contribution >= 4 is 23.3 Å². The summed E-state index contributed by atoms with van der Waals surface area (Å²) in [5.41, 5.74) is 2.63. The Labute approximate surface area is 169 Å². The van der Waals surface area contributed by atoms with Crippen molar-refractivity contribution in [3.05, 3.63) is 54.1 Å². The molecule has 1 heterocycles. The van der Waals surface area contributed by atoms with Crippen LogP contribution in [0, 0.1) is 0 Å². The summed E-state index contributed by atoms with van der Waals surface area (Å²) in [6.45, 7) is 0.581. The van der Waals surface area contributed by atoms with Crippen molar-refractivity contribution in [2.24, 2.45) is 0 Å². The van der Waals surface area contributed by atoms with Gasteiger partial charge in [-0.3, -0.25) is 10.1 Å². The zero-order valence-corrected chi connectivity index (χ0v) is 16.6. The molecule has 1 saturated carbocycles. The lowest BCUT2D eigenvalue weighted by molar-refractivity contribution is -0.107. The Morgan fingerprint density at radius 2 is 1.90 bits per heavy atom. The van der Waals surface area contributed by atoms with Crippen LogP contribution in [-0.2, 0) is 4.79 Å². The number of amides is 1. The Morgan fingerprint density at radius 1 is 1.17 bits per heavy atom. The van der Waals surface area contributed by atoms with E-state index >= 15 is 0 Å². The van der Waals surface area contributed by atoms with Crippen LogP contribution in [0.3, 0.4) is 0 Å². The van der Waals surface area contributed by atoms with Crippen molar-refractivity contribution < 1.29 is 14.0 Å². The first-order valence-electron chi connectivity index (χ1n) is 10.1. The zero-order valence-electron chi connectivity index (χ0n) is 16.6. The maximum atomic E-state index is 13.1. The number of aromatic nitrogens is 1. The molecular weight excluding hydrogens is 366 g/mol. The Morgan fingerprint density at radius 3 is 2.59 bits per heavy atom. The van der Waals surface area contributed by atoms with E-state index in [2.05, 4.69) is 10.3 Å². The zero-order chi connectivity index (χ0) is 20.3. The molecule has 1 amide bonds. The lowest BCUT2D eigenvalue weighted by Gasteiger charge is -2.40. The highest BCUT2D eigenvalue weighted by atomic mass is 16.3. The number of rotatable bonds is 7. The summed E-state index contributed by atoms with van der Waals surface area (Å²) in [6.07, 6.45) is 5.29. The lowest BCUT2D eigenvalue weighted by atomic mass is 10.0. The number of nitrogens with zero attached hydrogens (tertiary/aromatic N) is 2. The summed E-state index contributed by atoms with van der Waals surface area (Å²) in [6, 6.07) is 15.0.